The van der Waals surface area contributed by atoms with Gasteiger partial charge in [-0.05, 0) is 142 Å². The molecule has 0 N–H and O–H groups in total. The Labute approximate surface area is 740 Å². The molecule has 3 heterocycles. The van der Waals surface area contributed by atoms with Gasteiger partial charge in [-0.1, -0.05) is 250 Å². The van der Waals surface area contributed by atoms with E-state index in [-0.39, 0.29) is 0 Å². The first-order chi connectivity index (χ1) is 58.8. The van der Waals surface area contributed by atoms with E-state index in [1.807, 2.05) is 58.8 Å². The van der Waals surface area contributed by atoms with Crippen molar-refractivity contribution in [3.8, 4) is 0 Å². The van der Waals surface area contributed by atoms with Crippen LogP contribution in [0.4, 0.5) is 22.7 Å². The van der Waals surface area contributed by atoms with Crippen LogP contribution in [0.15, 0.2) is 308 Å². The van der Waals surface area contributed by atoms with E-state index < -0.39 is 0 Å². The molecule has 3 aliphatic rings. The fourth-order valence-corrected chi connectivity index (χ4v) is 18.6. The Kier molecular flexibility index (Phi) is 49.2. The summed E-state index contributed by atoms with van der Waals surface area (Å²) >= 11 is 10.0. The topological polar surface area (TPSA) is 50.9 Å². The van der Waals surface area contributed by atoms with Gasteiger partial charge in [0.05, 0.1) is 26.4 Å². The van der Waals surface area contributed by atoms with E-state index >= 15 is 0 Å². The van der Waals surface area contributed by atoms with Crippen LogP contribution < -0.4 is 19.6 Å². The molecule has 0 unspecified atom stereocenters. The third kappa shape index (κ3) is 42.0. The maximum absolute atomic E-state index is 5.47. The summed E-state index contributed by atoms with van der Waals surface area (Å²) < 4.78 is 10.9. The van der Waals surface area contributed by atoms with Crippen molar-refractivity contribution < 1.29 is 9.47 Å². The summed E-state index contributed by atoms with van der Waals surface area (Å²) in [7, 11) is 6.45. The second kappa shape index (κ2) is 61.2. The van der Waals surface area contributed by atoms with Gasteiger partial charge in [-0.2, -0.15) is 47.0 Å². The summed E-state index contributed by atoms with van der Waals surface area (Å²) in [5.41, 5.74) is 12.4. The van der Waals surface area contributed by atoms with Gasteiger partial charge in [0, 0.05) is 210 Å². The third-order valence-corrected chi connectivity index (χ3v) is 26.3. The number of likely N-dealkylation sites (N-methyl/N-ethyl adjacent to an activating group) is 2. The van der Waals surface area contributed by atoms with Crippen molar-refractivity contribution in [2.75, 3.05) is 240 Å². The van der Waals surface area contributed by atoms with E-state index in [1.165, 1.54) is 93.7 Å². The van der Waals surface area contributed by atoms with E-state index in [0.29, 0.717) is 0 Å². The minimum absolute atomic E-state index is 0.873. The lowest BCUT2D eigenvalue weighted by molar-refractivity contribution is 0.0333. The molecule has 638 valence electrons. The smallest absolute Gasteiger partial charge is 0.0594 e. The lowest BCUT2D eigenvalue weighted by Gasteiger charge is -2.31. The number of ether oxygens (including phenoxy) is 2. The van der Waals surface area contributed by atoms with Crippen molar-refractivity contribution in [2.45, 2.75) is 54.2 Å². The van der Waals surface area contributed by atoms with E-state index in [1.54, 1.807) is 0 Å². The molecule has 0 aliphatic carbocycles. The number of nitrogens with zero attached hydrogens (tertiary/aromatic N) is 10. The molecule has 0 amide bonds. The number of likely N-dealkylation sites (tertiary alicyclic amines) is 1. The Morgan fingerprint density at radius 2 is 0.563 bits per heavy atom. The Morgan fingerprint density at radius 1 is 0.277 bits per heavy atom. The summed E-state index contributed by atoms with van der Waals surface area (Å²) in [5, 5.41) is 0. The lowest BCUT2D eigenvalue weighted by atomic mass is 10.2. The van der Waals surface area contributed by atoms with Gasteiger partial charge in [-0.3, -0.25) is 14.7 Å². The lowest BCUT2D eigenvalue weighted by Crippen LogP contribution is -2.42. The normalized spacial score (nSPS) is 13.6. The quantitative estimate of drug-likeness (QED) is 0.0269. The van der Waals surface area contributed by atoms with Crippen molar-refractivity contribution >= 4 is 81.6 Å². The number of rotatable bonds is 46. The molecular weight excluding hydrogens is 1560 g/mol. The zero-order chi connectivity index (χ0) is 82.7. The zero-order valence-electron chi connectivity index (χ0n) is 72.1. The van der Waals surface area contributed by atoms with Crippen molar-refractivity contribution in [2.24, 2.45) is 0 Å². The molecule has 12 nitrogen and oxygen atoms in total. The minimum Gasteiger partial charge on any atom is -0.379 e. The fourth-order valence-electron chi connectivity index (χ4n) is 13.9. The van der Waals surface area contributed by atoms with Crippen molar-refractivity contribution in [3.63, 3.8) is 0 Å². The number of anilines is 4. The molecule has 3 fully saturated rings. The Balaban J connectivity index is 0.000000170. The number of hydrogen-bond acceptors (Lipinski definition) is 17. The van der Waals surface area contributed by atoms with Crippen molar-refractivity contribution in [1.82, 2.24) is 29.4 Å². The van der Waals surface area contributed by atoms with Gasteiger partial charge in [0.25, 0.3) is 0 Å². The van der Waals surface area contributed by atoms with Crippen LogP contribution in [-0.4, -0.2) is 250 Å². The minimum atomic E-state index is 0.873. The van der Waals surface area contributed by atoms with Crippen LogP contribution in [0.2, 0.25) is 0 Å². The third-order valence-electron chi connectivity index (χ3n) is 21.2. The summed E-state index contributed by atoms with van der Waals surface area (Å²) in [5.74, 6) is 10.1. The first-order valence-corrected chi connectivity index (χ1v) is 49.2. The highest BCUT2D eigenvalue weighted by atomic mass is 32.2. The number of para-hydroxylation sites is 4. The molecule has 10 aromatic rings. The summed E-state index contributed by atoms with van der Waals surface area (Å²) in [6.07, 6.45) is 2.74. The second-order valence-electron chi connectivity index (χ2n) is 30.5. The van der Waals surface area contributed by atoms with Gasteiger partial charge >= 0.3 is 0 Å². The number of thioether (sulfide) groups is 5. The molecular formula is C102H138N10O2S5. The highest BCUT2D eigenvalue weighted by molar-refractivity contribution is 7.99. The van der Waals surface area contributed by atoms with Gasteiger partial charge in [-0.25, -0.2) is 0 Å². The van der Waals surface area contributed by atoms with Crippen LogP contribution in [0.25, 0.3) is 0 Å². The first-order valence-electron chi connectivity index (χ1n) is 43.5. The van der Waals surface area contributed by atoms with Gasteiger partial charge < -0.3 is 43.8 Å². The van der Waals surface area contributed by atoms with Gasteiger partial charge in [0.2, 0.25) is 0 Å². The van der Waals surface area contributed by atoms with Crippen LogP contribution in [-0.2, 0) is 39.0 Å². The van der Waals surface area contributed by atoms with Gasteiger partial charge in [0.15, 0.2) is 0 Å². The molecule has 0 radical (unpaired) electrons. The first kappa shape index (κ1) is 95.7. The average Bonchev–Trinajstić information content (AvgIpc) is 1.68. The van der Waals surface area contributed by atoms with E-state index in [4.69, 9.17) is 9.47 Å². The van der Waals surface area contributed by atoms with Crippen LogP contribution in [0, 0.1) is 0 Å². The van der Waals surface area contributed by atoms with Crippen LogP contribution in [0.5, 0.6) is 0 Å². The van der Waals surface area contributed by atoms with Crippen LogP contribution >= 0.6 is 58.8 Å². The van der Waals surface area contributed by atoms with Gasteiger partial charge in [0.1, 0.15) is 0 Å². The maximum Gasteiger partial charge on any atom is 0.0594 e. The molecule has 119 heavy (non-hydrogen) atoms. The average molecular weight is 1700 g/mol. The molecule has 17 heteroatoms. The molecule has 0 aromatic heterocycles. The number of benzene rings is 10. The number of morpholine rings is 2. The van der Waals surface area contributed by atoms with Crippen molar-refractivity contribution in [3.05, 3.63) is 331 Å². The van der Waals surface area contributed by atoms with E-state index in [2.05, 4.69) is 380 Å². The Morgan fingerprint density at radius 3 is 0.908 bits per heavy atom. The van der Waals surface area contributed by atoms with Crippen LogP contribution in [0.1, 0.15) is 47.6 Å². The van der Waals surface area contributed by atoms with E-state index in [9.17, 15) is 0 Å². The second-order valence-corrected chi connectivity index (χ2v) is 36.1. The molecule has 3 saturated heterocycles. The zero-order valence-corrected chi connectivity index (χ0v) is 76.1. The Bertz CT molecular complexity index is 4010. The SMILES string of the molecule is CCN(C)CCN(CCSCc1ccccc1)c1ccccc1.CN(C)CCN(CCSCc1ccccc1)c1ccccc1.c1ccc(CSCCN(CCN2CCOCC2)Cc2ccccc2)cc1.c1ccc(CSCCN(CCN2CCOCC2)c2ccccc2)cc1.c1ccc(SCCN(CCN2CCCC2)c2ccccc2)cc1. The molecule has 0 saturated carbocycles. The maximum atomic E-state index is 5.47. The molecule has 3 aliphatic heterocycles. The summed E-state index contributed by atoms with van der Waals surface area (Å²) in [6, 6.07) is 108. The molecule has 0 atom stereocenters. The highest BCUT2D eigenvalue weighted by Gasteiger charge is 2.18. The molecule has 13 rings (SSSR count). The Hall–Kier alpha value is -7.17. The fraction of sp³-hybridized carbons (Fsp3) is 0.412. The summed E-state index contributed by atoms with van der Waals surface area (Å²) in [6.45, 7) is 31.3. The molecule has 0 bridgehead atoms. The number of hydrogen-bond donors (Lipinski definition) is 0. The summed E-state index contributed by atoms with van der Waals surface area (Å²) in [4.78, 5) is 26.3. The van der Waals surface area contributed by atoms with Crippen LogP contribution in [0.3, 0.4) is 0 Å². The monoisotopic (exact) mass is 1690 g/mol. The predicted octanol–water partition coefficient (Wildman–Crippen LogP) is 20.3. The molecule has 10 aromatic carbocycles. The largest absolute Gasteiger partial charge is 0.379 e. The van der Waals surface area contributed by atoms with Gasteiger partial charge in [-0.15, -0.1) is 11.8 Å². The highest BCUT2D eigenvalue weighted by Crippen LogP contribution is 2.24. The standard InChI is InChI=1S/C22H30N2OS.C21H28N2OS.C20H26N2S.C20H28N2S.C19H26N2S/c1-3-7-21(8-4-1)19-24(12-11-23-13-16-25-17-14-23)15-18-26-20-22-9-5-2-6-10-22;1-3-7-20(8-4-1)19-25-18-15-23(21-9-5-2-6-10-21)12-11-22-13-16-24-17-14-22;1-3-9-19(10-4-1)22(16-15-21-13-7-8-14-21)17-18-23-20-11-5-2-6-12-20;1-3-21(2)14-15-22(20-12-8-5-9-13-20)16-17-23-18-19-10-6-4-7-11-19;1-20(2)13-14-21(19-11-7-4-8-12-19)15-16-22-17-18-9-5-3-6-10-18/h1-10H,11-20H2;1-10H,11-19H2;1-6,9-12H,7-8,13-18H2;4-13H,3,14-18H2,1-2H3;3-12H,13-17H2,1-2H3. The van der Waals surface area contributed by atoms with E-state index in [0.717, 1.165) is 203 Å². The van der Waals surface area contributed by atoms with Crippen molar-refractivity contribution in [1.29, 1.82) is 0 Å². The predicted molar refractivity (Wildman–Crippen MR) is 526 cm³/mol. The molecule has 0 spiro atoms.